The van der Waals surface area contributed by atoms with Crippen LogP contribution in [0.2, 0.25) is 0 Å². The van der Waals surface area contributed by atoms with E-state index in [1.165, 1.54) is 11.8 Å². The number of nitrogens with one attached hydrogen (secondary N) is 1. The lowest BCUT2D eigenvalue weighted by Crippen LogP contribution is -2.52. The molecule has 1 N–H and O–H groups in total. The molecule has 2 fully saturated rings. The molecule has 0 bridgehead atoms. The summed E-state index contributed by atoms with van der Waals surface area (Å²) in [4.78, 5) is 14.0. The fourth-order valence-corrected chi connectivity index (χ4v) is 5.90. The van der Waals surface area contributed by atoms with Gasteiger partial charge in [0.1, 0.15) is 0 Å². The zero-order valence-electron chi connectivity index (χ0n) is 10.6. The molecule has 2 aliphatic rings. The van der Waals surface area contributed by atoms with Gasteiger partial charge in [-0.2, -0.15) is 0 Å². The molecule has 7 heteroatoms. The first kappa shape index (κ1) is 14.1. The number of hydrogen-bond donors (Lipinski definition) is 1. The number of carbonyl (C=O) groups is 1. The molecule has 2 aliphatic heterocycles. The van der Waals surface area contributed by atoms with E-state index < -0.39 is 9.84 Å². The van der Waals surface area contributed by atoms with Crippen LogP contribution in [0.1, 0.15) is 13.3 Å². The number of thioether (sulfide) groups is 1. The average molecular weight is 292 g/mol. The van der Waals surface area contributed by atoms with Gasteiger partial charge in [0.25, 0.3) is 0 Å². The Morgan fingerprint density at radius 2 is 2.28 bits per heavy atom. The van der Waals surface area contributed by atoms with Crippen LogP contribution in [0.25, 0.3) is 0 Å². The van der Waals surface area contributed by atoms with Gasteiger partial charge in [-0.3, -0.25) is 4.79 Å². The van der Waals surface area contributed by atoms with Gasteiger partial charge in [-0.05, 0) is 13.3 Å². The second-order valence-electron chi connectivity index (χ2n) is 4.98. The molecular formula is C11H20N2O3S2. The van der Waals surface area contributed by atoms with E-state index in [2.05, 4.69) is 5.32 Å². The first-order valence-electron chi connectivity index (χ1n) is 6.30. The molecule has 0 radical (unpaired) electrons. The minimum absolute atomic E-state index is 0.108. The quantitative estimate of drug-likeness (QED) is 0.775. The summed E-state index contributed by atoms with van der Waals surface area (Å²) in [5, 5.41) is 3.36. The van der Waals surface area contributed by atoms with Crippen molar-refractivity contribution in [2.75, 3.05) is 36.9 Å². The van der Waals surface area contributed by atoms with Crippen LogP contribution in [0.3, 0.4) is 0 Å². The summed E-state index contributed by atoms with van der Waals surface area (Å²) in [7, 11) is -2.83. The van der Waals surface area contributed by atoms with Gasteiger partial charge in [0, 0.05) is 30.9 Å². The third-order valence-electron chi connectivity index (χ3n) is 3.45. The Morgan fingerprint density at radius 3 is 2.89 bits per heavy atom. The maximum Gasteiger partial charge on any atom is 0.232 e. The second-order valence-corrected chi connectivity index (χ2v) is 8.49. The van der Waals surface area contributed by atoms with Gasteiger partial charge in [-0.15, -0.1) is 11.8 Å². The number of hydrogen-bond acceptors (Lipinski definition) is 5. The van der Waals surface area contributed by atoms with Crippen molar-refractivity contribution in [3.8, 4) is 0 Å². The van der Waals surface area contributed by atoms with Crippen molar-refractivity contribution in [3.05, 3.63) is 0 Å². The fraction of sp³-hybridized carbons (Fsp3) is 0.909. The van der Waals surface area contributed by atoms with Crippen LogP contribution in [0.15, 0.2) is 0 Å². The van der Waals surface area contributed by atoms with Gasteiger partial charge in [-0.25, -0.2) is 8.42 Å². The number of carbonyl (C=O) groups excluding carboxylic acids is 1. The molecule has 104 valence electrons. The Bertz CT molecular complexity index is 411. The van der Waals surface area contributed by atoms with E-state index in [4.69, 9.17) is 0 Å². The topological polar surface area (TPSA) is 66.5 Å². The SMILES string of the molecule is C[C@H]1CNCCN1C(=O)CSC1CCS(=O)(=O)C1. The molecule has 0 aromatic carbocycles. The second kappa shape index (κ2) is 5.79. The summed E-state index contributed by atoms with van der Waals surface area (Å²) >= 11 is 1.50. The Hall–Kier alpha value is -0.270. The zero-order valence-corrected chi connectivity index (χ0v) is 12.2. The molecular weight excluding hydrogens is 272 g/mol. The third-order valence-corrected chi connectivity index (χ3v) is 6.72. The van der Waals surface area contributed by atoms with Crippen LogP contribution in [0.5, 0.6) is 0 Å². The minimum atomic E-state index is -2.83. The first-order chi connectivity index (χ1) is 8.48. The van der Waals surface area contributed by atoms with Crippen LogP contribution in [-0.2, 0) is 14.6 Å². The fourth-order valence-electron chi connectivity index (χ4n) is 2.38. The zero-order chi connectivity index (χ0) is 13.2. The lowest BCUT2D eigenvalue weighted by molar-refractivity contribution is -0.131. The van der Waals surface area contributed by atoms with Gasteiger partial charge >= 0.3 is 0 Å². The Labute approximate surface area is 113 Å². The van der Waals surface area contributed by atoms with Gasteiger partial charge in [0.2, 0.25) is 5.91 Å². The highest BCUT2D eigenvalue weighted by molar-refractivity contribution is 8.02. The van der Waals surface area contributed by atoms with Crippen molar-refractivity contribution in [1.82, 2.24) is 10.2 Å². The number of nitrogens with zero attached hydrogens (tertiary/aromatic N) is 1. The van der Waals surface area contributed by atoms with E-state index in [1.807, 2.05) is 11.8 Å². The van der Waals surface area contributed by atoms with E-state index in [9.17, 15) is 13.2 Å². The first-order valence-corrected chi connectivity index (χ1v) is 9.17. The molecule has 2 saturated heterocycles. The standard InChI is InChI=1S/C11H20N2O3S2/c1-9-6-12-3-4-13(9)11(14)7-17-10-2-5-18(15,16)8-10/h9-10,12H,2-8H2,1H3/t9-,10?/m0/s1. The molecule has 0 saturated carbocycles. The van der Waals surface area contributed by atoms with E-state index >= 15 is 0 Å². The van der Waals surface area contributed by atoms with Crippen LogP contribution >= 0.6 is 11.8 Å². The van der Waals surface area contributed by atoms with Crippen molar-refractivity contribution in [2.45, 2.75) is 24.6 Å². The van der Waals surface area contributed by atoms with Crippen LogP contribution in [0, 0.1) is 0 Å². The maximum atomic E-state index is 12.1. The Balaban J connectivity index is 1.78. The van der Waals surface area contributed by atoms with Crippen molar-refractivity contribution in [2.24, 2.45) is 0 Å². The molecule has 1 amide bonds. The minimum Gasteiger partial charge on any atom is -0.337 e. The van der Waals surface area contributed by atoms with Crippen LogP contribution in [0.4, 0.5) is 0 Å². The highest BCUT2D eigenvalue weighted by Crippen LogP contribution is 2.24. The summed E-state index contributed by atoms with van der Waals surface area (Å²) in [5.74, 6) is 1.06. The van der Waals surface area contributed by atoms with E-state index in [1.54, 1.807) is 0 Å². The van der Waals surface area contributed by atoms with Crippen molar-refractivity contribution < 1.29 is 13.2 Å². The number of piperazine rings is 1. The predicted octanol–water partition coefficient (Wildman–Crippen LogP) is -0.273. The van der Waals surface area contributed by atoms with Crippen LogP contribution in [-0.4, -0.2) is 67.4 Å². The van der Waals surface area contributed by atoms with Gasteiger partial charge < -0.3 is 10.2 Å². The average Bonchev–Trinajstić information content (AvgIpc) is 2.66. The van der Waals surface area contributed by atoms with Crippen LogP contribution < -0.4 is 5.32 Å². The molecule has 0 aromatic heterocycles. The Morgan fingerprint density at radius 1 is 1.50 bits per heavy atom. The largest absolute Gasteiger partial charge is 0.337 e. The summed E-state index contributed by atoms with van der Waals surface area (Å²) in [5.41, 5.74) is 0. The normalized spacial score (nSPS) is 31.5. The number of rotatable bonds is 3. The smallest absolute Gasteiger partial charge is 0.232 e. The molecule has 0 aromatic rings. The van der Waals surface area contributed by atoms with Gasteiger partial charge in [0.15, 0.2) is 9.84 Å². The summed E-state index contributed by atoms with van der Waals surface area (Å²) < 4.78 is 22.6. The van der Waals surface area contributed by atoms with E-state index in [0.29, 0.717) is 12.2 Å². The monoisotopic (exact) mass is 292 g/mol. The Kier molecular flexibility index (Phi) is 4.55. The van der Waals surface area contributed by atoms with E-state index in [0.717, 1.165) is 19.6 Å². The highest BCUT2D eigenvalue weighted by Gasteiger charge is 2.30. The van der Waals surface area contributed by atoms with Crippen molar-refractivity contribution in [3.63, 3.8) is 0 Å². The predicted molar refractivity (Wildman–Crippen MR) is 73.6 cm³/mol. The summed E-state index contributed by atoms with van der Waals surface area (Å²) in [6, 6.07) is 0.235. The lowest BCUT2D eigenvalue weighted by atomic mass is 10.2. The molecule has 18 heavy (non-hydrogen) atoms. The summed E-state index contributed by atoms with van der Waals surface area (Å²) in [6.45, 7) is 4.48. The molecule has 0 spiro atoms. The number of sulfone groups is 1. The molecule has 2 rings (SSSR count). The maximum absolute atomic E-state index is 12.1. The third kappa shape index (κ3) is 3.61. The molecule has 1 unspecified atom stereocenters. The molecule has 0 aliphatic carbocycles. The summed E-state index contributed by atoms with van der Waals surface area (Å²) in [6.07, 6.45) is 0.692. The van der Waals surface area contributed by atoms with Gasteiger partial charge in [0.05, 0.1) is 17.3 Å². The van der Waals surface area contributed by atoms with E-state index in [-0.39, 0.29) is 28.7 Å². The molecule has 2 heterocycles. The molecule has 5 nitrogen and oxygen atoms in total. The van der Waals surface area contributed by atoms with Crippen molar-refractivity contribution in [1.29, 1.82) is 0 Å². The lowest BCUT2D eigenvalue weighted by Gasteiger charge is -2.34. The molecule has 2 atom stereocenters. The van der Waals surface area contributed by atoms with Gasteiger partial charge in [-0.1, -0.05) is 0 Å². The highest BCUT2D eigenvalue weighted by atomic mass is 32.2. The van der Waals surface area contributed by atoms with Crippen molar-refractivity contribution >= 4 is 27.5 Å². The number of amides is 1.